The number of carbonyl (C=O) groups excluding carboxylic acids is 1. The molecule has 2 unspecified atom stereocenters. The summed E-state index contributed by atoms with van der Waals surface area (Å²) >= 11 is 3.43. The largest absolute Gasteiger partial charge is 0.337 e. The van der Waals surface area contributed by atoms with Gasteiger partial charge in [-0.25, -0.2) is 0 Å². The normalized spacial score (nSPS) is 26.9. The molecule has 3 rings (SSSR count). The molecule has 2 heterocycles. The second-order valence-electron chi connectivity index (χ2n) is 4.76. The lowest BCUT2D eigenvalue weighted by molar-refractivity contribution is -0.132. The van der Waals surface area contributed by atoms with Crippen LogP contribution in [0.25, 0.3) is 0 Å². The molecule has 3 nitrogen and oxygen atoms in total. The molecule has 1 aromatic carbocycles. The van der Waals surface area contributed by atoms with Gasteiger partial charge in [0.05, 0.1) is 6.04 Å². The molecule has 90 valence electrons. The van der Waals surface area contributed by atoms with E-state index in [1.807, 2.05) is 4.90 Å². The van der Waals surface area contributed by atoms with E-state index in [9.17, 15) is 4.79 Å². The first-order valence-corrected chi connectivity index (χ1v) is 6.81. The van der Waals surface area contributed by atoms with E-state index in [2.05, 4.69) is 45.5 Å². The number of fused-ring (bicyclic) bond motifs is 2. The van der Waals surface area contributed by atoms with Gasteiger partial charge >= 0.3 is 0 Å². The number of hydrogen-bond donors (Lipinski definition) is 1. The highest BCUT2D eigenvalue weighted by atomic mass is 79.9. The molecule has 2 aliphatic rings. The lowest BCUT2D eigenvalue weighted by atomic mass is 10.1. The number of benzene rings is 1. The Morgan fingerprint density at radius 1 is 1.35 bits per heavy atom. The minimum atomic E-state index is 0.102. The zero-order valence-corrected chi connectivity index (χ0v) is 11.1. The molecule has 0 spiro atoms. The van der Waals surface area contributed by atoms with Crippen LogP contribution < -0.4 is 5.32 Å². The highest BCUT2D eigenvalue weighted by Gasteiger charge is 2.43. The lowest BCUT2D eigenvalue weighted by Crippen LogP contribution is -2.48. The van der Waals surface area contributed by atoms with Crippen molar-refractivity contribution in [1.82, 2.24) is 10.2 Å². The second-order valence-corrected chi connectivity index (χ2v) is 5.67. The standard InChI is InChI=1S/C13H15BrN2O/c14-10-3-1-9(2-4-10)5-6-16-11-7-12(13(16)17)15-8-11/h1-4,11-12,15H,5-8H2. The molecule has 1 amide bonds. The SMILES string of the molecule is O=C1C2CC(CN2)N1CCc1ccc(Br)cc1. The van der Waals surface area contributed by atoms with E-state index in [-0.39, 0.29) is 6.04 Å². The van der Waals surface area contributed by atoms with Crippen molar-refractivity contribution in [2.24, 2.45) is 0 Å². The van der Waals surface area contributed by atoms with Gasteiger partial charge in [-0.1, -0.05) is 28.1 Å². The number of carbonyl (C=O) groups is 1. The van der Waals surface area contributed by atoms with Crippen LogP contribution in [0.4, 0.5) is 0 Å². The number of nitrogens with zero attached hydrogens (tertiary/aromatic N) is 1. The number of likely N-dealkylation sites (tertiary alicyclic amines) is 1. The number of halogens is 1. The van der Waals surface area contributed by atoms with Gasteiger partial charge in [-0.3, -0.25) is 4.79 Å². The number of nitrogens with one attached hydrogen (secondary N) is 1. The van der Waals surface area contributed by atoms with Crippen LogP contribution in [0.2, 0.25) is 0 Å². The molecule has 2 bridgehead atoms. The zero-order valence-electron chi connectivity index (χ0n) is 9.53. The van der Waals surface area contributed by atoms with Gasteiger partial charge in [-0.15, -0.1) is 0 Å². The van der Waals surface area contributed by atoms with Crippen molar-refractivity contribution in [2.75, 3.05) is 13.1 Å². The summed E-state index contributed by atoms with van der Waals surface area (Å²) in [7, 11) is 0. The van der Waals surface area contributed by atoms with Crippen LogP contribution in [-0.2, 0) is 11.2 Å². The van der Waals surface area contributed by atoms with Crippen LogP contribution in [-0.4, -0.2) is 36.0 Å². The van der Waals surface area contributed by atoms with Crippen molar-refractivity contribution in [2.45, 2.75) is 24.9 Å². The zero-order chi connectivity index (χ0) is 11.8. The van der Waals surface area contributed by atoms with Crippen LogP contribution in [0.5, 0.6) is 0 Å². The molecule has 4 heteroatoms. The Morgan fingerprint density at radius 2 is 2.12 bits per heavy atom. The van der Waals surface area contributed by atoms with E-state index in [1.54, 1.807) is 0 Å². The summed E-state index contributed by atoms with van der Waals surface area (Å²) in [5.74, 6) is 0.290. The third kappa shape index (κ3) is 2.11. The molecule has 2 saturated heterocycles. The van der Waals surface area contributed by atoms with Gasteiger partial charge in [0.25, 0.3) is 0 Å². The molecule has 0 aliphatic carbocycles. The second kappa shape index (κ2) is 4.42. The summed E-state index contributed by atoms with van der Waals surface area (Å²) in [6, 6.07) is 8.86. The van der Waals surface area contributed by atoms with Crippen LogP contribution in [0.1, 0.15) is 12.0 Å². The fourth-order valence-electron chi connectivity index (χ4n) is 2.72. The Labute approximate surface area is 109 Å². The summed E-state index contributed by atoms with van der Waals surface area (Å²) in [5.41, 5.74) is 1.29. The summed E-state index contributed by atoms with van der Waals surface area (Å²) in [4.78, 5) is 13.9. The van der Waals surface area contributed by atoms with Crippen LogP contribution in [0, 0.1) is 0 Å². The minimum absolute atomic E-state index is 0.102. The van der Waals surface area contributed by atoms with Crippen molar-refractivity contribution in [3.8, 4) is 0 Å². The van der Waals surface area contributed by atoms with Crippen molar-refractivity contribution in [1.29, 1.82) is 0 Å². The Hall–Kier alpha value is -0.870. The molecule has 2 aliphatic heterocycles. The number of amides is 1. The van der Waals surface area contributed by atoms with Crippen LogP contribution in [0.3, 0.4) is 0 Å². The third-order valence-corrected chi connectivity index (χ3v) is 4.21. The molecule has 17 heavy (non-hydrogen) atoms. The monoisotopic (exact) mass is 294 g/mol. The molecule has 2 atom stereocenters. The third-order valence-electron chi connectivity index (χ3n) is 3.68. The molecule has 0 aromatic heterocycles. The van der Waals surface area contributed by atoms with Crippen LogP contribution >= 0.6 is 15.9 Å². The fraction of sp³-hybridized carbons (Fsp3) is 0.462. The van der Waals surface area contributed by atoms with E-state index in [0.717, 1.165) is 30.4 Å². The first-order valence-electron chi connectivity index (χ1n) is 6.02. The molecule has 0 saturated carbocycles. The van der Waals surface area contributed by atoms with Crippen molar-refractivity contribution in [3.63, 3.8) is 0 Å². The van der Waals surface area contributed by atoms with Gasteiger partial charge in [-0.2, -0.15) is 0 Å². The Bertz CT molecular complexity index is 432. The summed E-state index contributed by atoms with van der Waals surface area (Å²) < 4.78 is 1.10. The topological polar surface area (TPSA) is 32.3 Å². The average molecular weight is 295 g/mol. The predicted molar refractivity (Wildman–Crippen MR) is 69.8 cm³/mol. The summed E-state index contributed by atoms with van der Waals surface area (Å²) in [5, 5.41) is 3.24. The summed E-state index contributed by atoms with van der Waals surface area (Å²) in [6.45, 7) is 1.82. The predicted octanol–water partition coefficient (Wildman–Crippen LogP) is 1.56. The fourth-order valence-corrected chi connectivity index (χ4v) is 2.98. The minimum Gasteiger partial charge on any atom is -0.337 e. The van der Waals surface area contributed by atoms with E-state index in [0.29, 0.717) is 11.9 Å². The van der Waals surface area contributed by atoms with Gasteiger partial charge in [-0.05, 0) is 30.5 Å². The molecular weight excluding hydrogens is 280 g/mol. The molecule has 1 aromatic rings. The van der Waals surface area contributed by atoms with Gasteiger partial charge < -0.3 is 10.2 Å². The van der Waals surface area contributed by atoms with E-state index < -0.39 is 0 Å². The number of rotatable bonds is 3. The molecular formula is C13H15BrN2O. The summed E-state index contributed by atoms with van der Waals surface area (Å²) in [6.07, 6.45) is 1.95. The Kier molecular flexibility index (Phi) is 2.92. The lowest BCUT2D eigenvalue weighted by Gasteiger charge is -2.27. The molecule has 0 radical (unpaired) electrons. The van der Waals surface area contributed by atoms with Gasteiger partial charge in [0, 0.05) is 23.6 Å². The van der Waals surface area contributed by atoms with Crippen molar-refractivity contribution < 1.29 is 4.79 Å². The quantitative estimate of drug-likeness (QED) is 0.918. The first kappa shape index (κ1) is 11.2. The molecule has 1 N–H and O–H groups in total. The maximum Gasteiger partial charge on any atom is 0.240 e. The van der Waals surface area contributed by atoms with E-state index in [4.69, 9.17) is 0 Å². The maximum atomic E-state index is 11.9. The van der Waals surface area contributed by atoms with E-state index in [1.165, 1.54) is 5.56 Å². The van der Waals surface area contributed by atoms with Gasteiger partial charge in [0.1, 0.15) is 0 Å². The smallest absolute Gasteiger partial charge is 0.240 e. The van der Waals surface area contributed by atoms with Crippen molar-refractivity contribution in [3.05, 3.63) is 34.3 Å². The van der Waals surface area contributed by atoms with Crippen molar-refractivity contribution >= 4 is 21.8 Å². The van der Waals surface area contributed by atoms with Gasteiger partial charge in [0.15, 0.2) is 0 Å². The average Bonchev–Trinajstić information content (AvgIpc) is 2.90. The maximum absolute atomic E-state index is 11.9. The highest BCUT2D eigenvalue weighted by molar-refractivity contribution is 9.10. The number of hydrogen-bond acceptors (Lipinski definition) is 2. The Balaban J connectivity index is 1.61. The highest BCUT2D eigenvalue weighted by Crippen LogP contribution is 2.24. The van der Waals surface area contributed by atoms with E-state index >= 15 is 0 Å². The van der Waals surface area contributed by atoms with Crippen LogP contribution in [0.15, 0.2) is 28.7 Å². The van der Waals surface area contributed by atoms with Gasteiger partial charge in [0.2, 0.25) is 5.91 Å². The number of piperazine rings is 1. The first-order chi connectivity index (χ1) is 8.24. The molecule has 2 fully saturated rings. The Morgan fingerprint density at radius 3 is 2.76 bits per heavy atom.